The van der Waals surface area contributed by atoms with Gasteiger partial charge in [-0.15, -0.1) is 0 Å². The van der Waals surface area contributed by atoms with Gasteiger partial charge in [-0.05, 0) is 0 Å². The molecule has 5 atom stereocenters. The molecule has 0 bridgehead atoms. The van der Waals surface area contributed by atoms with Crippen LogP contribution >= 0.6 is 0 Å². The lowest BCUT2D eigenvalue weighted by molar-refractivity contribution is -0.112. The van der Waals surface area contributed by atoms with Crippen molar-refractivity contribution in [3.8, 4) is 0 Å². The van der Waals surface area contributed by atoms with Crippen molar-refractivity contribution in [2.45, 2.75) is 24.4 Å². The minimum Gasteiger partial charge on any atom is -0.394 e. The average molecular weight is 182 g/mol. The number of aliphatic hydroxyl groups is 5. The van der Waals surface area contributed by atoms with Gasteiger partial charge in [-0.3, -0.25) is 0 Å². The lowest BCUT2D eigenvalue weighted by Crippen LogP contribution is -2.48. The summed E-state index contributed by atoms with van der Waals surface area (Å²) in [5.74, 6) is 0. The standard InChI is InChI=1S/C6H15NO5/c7-1-3(9)5(11)6(12)4(10)2-8/h3-6,8-12H,1-2,7H2/t3-,4+,5+,6+/m0/s1/i2D/t2?,3-,4+,5+,6+. The van der Waals surface area contributed by atoms with Gasteiger partial charge in [0.05, 0.1) is 14.1 Å². The van der Waals surface area contributed by atoms with E-state index in [0.29, 0.717) is 0 Å². The third kappa shape index (κ3) is 3.02. The average Bonchev–Trinajstić information content (AvgIpc) is 2.12. The molecule has 0 heterocycles. The molecular formula is C6H15NO5. The molecule has 0 aromatic heterocycles. The van der Waals surface area contributed by atoms with Crippen LogP contribution in [-0.4, -0.2) is 63.1 Å². The van der Waals surface area contributed by atoms with Crippen molar-refractivity contribution in [3.63, 3.8) is 0 Å². The first kappa shape index (κ1) is 9.85. The van der Waals surface area contributed by atoms with E-state index in [1.807, 2.05) is 0 Å². The van der Waals surface area contributed by atoms with Crippen LogP contribution in [0, 0.1) is 0 Å². The zero-order chi connectivity index (χ0) is 10.6. The van der Waals surface area contributed by atoms with Gasteiger partial charge < -0.3 is 31.3 Å². The van der Waals surface area contributed by atoms with Gasteiger partial charge >= 0.3 is 0 Å². The summed E-state index contributed by atoms with van der Waals surface area (Å²) in [5, 5.41) is 44.5. The molecule has 0 amide bonds. The molecule has 0 rings (SSSR count). The fraction of sp³-hybridized carbons (Fsp3) is 1.00. The highest BCUT2D eigenvalue weighted by molar-refractivity contribution is 4.80. The number of hydrogen-bond acceptors (Lipinski definition) is 6. The minimum atomic E-state index is -1.94. The van der Waals surface area contributed by atoms with Gasteiger partial charge in [0.25, 0.3) is 0 Å². The molecule has 7 N–H and O–H groups in total. The van der Waals surface area contributed by atoms with Gasteiger partial charge in [-0.1, -0.05) is 0 Å². The van der Waals surface area contributed by atoms with Gasteiger partial charge in [-0.25, -0.2) is 0 Å². The third-order valence-corrected chi connectivity index (χ3v) is 1.49. The molecule has 0 aliphatic heterocycles. The van der Waals surface area contributed by atoms with E-state index in [1.165, 1.54) is 0 Å². The second-order valence-electron chi connectivity index (χ2n) is 2.42. The van der Waals surface area contributed by atoms with Crippen molar-refractivity contribution < 1.29 is 26.9 Å². The molecule has 0 aromatic rings. The van der Waals surface area contributed by atoms with Crippen LogP contribution in [0.1, 0.15) is 1.37 Å². The maximum Gasteiger partial charge on any atom is 0.111 e. The van der Waals surface area contributed by atoms with Crippen molar-refractivity contribution in [1.29, 1.82) is 0 Å². The lowest BCUT2D eigenvalue weighted by Gasteiger charge is -2.24. The number of aliphatic hydroxyl groups excluding tert-OH is 5. The monoisotopic (exact) mass is 182 g/mol. The van der Waals surface area contributed by atoms with Crippen molar-refractivity contribution in [2.75, 3.05) is 13.1 Å². The summed E-state index contributed by atoms with van der Waals surface area (Å²) in [6.07, 6.45) is -6.72. The highest BCUT2D eigenvalue weighted by Gasteiger charge is 2.28. The van der Waals surface area contributed by atoms with E-state index in [-0.39, 0.29) is 6.54 Å². The van der Waals surface area contributed by atoms with E-state index in [4.69, 9.17) is 32.6 Å². The van der Waals surface area contributed by atoms with Gasteiger partial charge in [0, 0.05) is 6.54 Å². The molecule has 1 unspecified atom stereocenters. The van der Waals surface area contributed by atoms with E-state index >= 15 is 0 Å². The summed E-state index contributed by atoms with van der Waals surface area (Å²) in [6, 6.07) is 0. The minimum absolute atomic E-state index is 0.293. The fourth-order valence-corrected chi connectivity index (χ4v) is 0.657. The molecule has 0 radical (unpaired) electrons. The van der Waals surface area contributed by atoms with Crippen molar-refractivity contribution in [1.82, 2.24) is 0 Å². The topological polar surface area (TPSA) is 127 Å². The molecule has 6 heteroatoms. The fourth-order valence-electron chi connectivity index (χ4n) is 0.657. The van der Waals surface area contributed by atoms with E-state index in [2.05, 4.69) is 0 Å². The number of rotatable bonds is 5. The van der Waals surface area contributed by atoms with Gasteiger partial charge in [-0.2, -0.15) is 0 Å². The van der Waals surface area contributed by atoms with E-state index in [9.17, 15) is 0 Å². The van der Waals surface area contributed by atoms with Gasteiger partial charge in [0.15, 0.2) is 0 Å². The molecule has 0 aliphatic carbocycles. The zero-order valence-electron chi connectivity index (χ0n) is 7.41. The van der Waals surface area contributed by atoms with E-state index < -0.39 is 31.0 Å². The molecular weight excluding hydrogens is 166 g/mol. The highest BCUT2D eigenvalue weighted by atomic mass is 16.4. The van der Waals surface area contributed by atoms with E-state index in [1.54, 1.807) is 0 Å². The normalized spacial score (nSPS) is 25.3. The van der Waals surface area contributed by atoms with Crippen molar-refractivity contribution >= 4 is 0 Å². The smallest absolute Gasteiger partial charge is 0.111 e. The molecule has 6 nitrogen and oxygen atoms in total. The van der Waals surface area contributed by atoms with E-state index in [0.717, 1.165) is 0 Å². The summed E-state index contributed by atoms with van der Waals surface area (Å²) in [7, 11) is 0. The zero-order valence-corrected chi connectivity index (χ0v) is 6.41. The summed E-state index contributed by atoms with van der Waals surface area (Å²) in [4.78, 5) is 0. The summed E-state index contributed by atoms with van der Waals surface area (Å²) in [6.45, 7) is -2.23. The van der Waals surface area contributed by atoms with Crippen LogP contribution in [-0.2, 0) is 0 Å². The predicted molar refractivity (Wildman–Crippen MR) is 40.2 cm³/mol. The Morgan fingerprint density at radius 2 is 1.50 bits per heavy atom. The van der Waals surface area contributed by atoms with Gasteiger partial charge in [0.1, 0.15) is 18.3 Å². The molecule has 0 spiro atoms. The van der Waals surface area contributed by atoms with Crippen LogP contribution in [0.25, 0.3) is 0 Å². The summed E-state index contributed by atoms with van der Waals surface area (Å²) >= 11 is 0. The molecule has 0 aromatic carbocycles. The highest BCUT2D eigenvalue weighted by Crippen LogP contribution is 2.03. The predicted octanol–water partition coefficient (Wildman–Crippen LogP) is -3.62. The Bertz CT molecular complexity index is 147. The lowest BCUT2D eigenvalue weighted by atomic mass is 10.0. The Balaban J connectivity index is 4.15. The second-order valence-corrected chi connectivity index (χ2v) is 2.42. The number of nitrogens with two attached hydrogens (primary N) is 1. The van der Waals surface area contributed by atoms with Crippen molar-refractivity contribution in [2.24, 2.45) is 5.73 Å². The van der Waals surface area contributed by atoms with Gasteiger partial charge in [0.2, 0.25) is 0 Å². The van der Waals surface area contributed by atoms with Crippen LogP contribution in [0.2, 0.25) is 0 Å². The molecule has 74 valence electrons. The molecule has 0 saturated heterocycles. The third-order valence-electron chi connectivity index (χ3n) is 1.49. The second kappa shape index (κ2) is 5.41. The number of hydrogen-bond donors (Lipinski definition) is 6. The quantitative estimate of drug-likeness (QED) is 0.260. The van der Waals surface area contributed by atoms with Crippen molar-refractivity contribution in [3.05, 3.63) is 0 Å². The van der Waals surface area contributed by atoms with Crippen LogP contribution in [0.15, 0.2) is 0 Å². The largest absolute Gasteiger partial charge is 0.394 e. The van der Waals surface area contributed by atoms with Crippen LogP contribution in [0.3, 0.4) is 0 Å². The van der Waals surface area contributed by atoms with Crippen LogP contribution in [0.5, 0.6) is 0 Å². The Labute approximate surface area is 71.3 Å². The first-order chi connectivity index (χ1) is 5.91. The first-order valence-corrected chi connectivity index (χ1v) is 3.44. The Kier molecular flexibility index (Phi) is 4.44. The molecule has 12 heavy (non-hydrogen) atoms. The summed E-state index contributed by atoms with van der Waals surface area (Å²) in [5.41, 5.74) is 4.97. The van der Waals surface area contributed by atoms with Crippen LogP contribution < -0.4 is 5.73 Å². The Morgan fingerprint density at radius 1 is 1.08 bits per heavy atom. The maximum absolute atomic E-state index is 9.07. The molecule has 0 saturated carbocycles. The molecule has 0 fully saturated rings. The Hall–Kier alpha value is -0.240. The maximum atomic E-state index is 9.07. The Morgan fingerprint density at radius 3 is 1.83 bits per heavy atom. The molecule has 0 aliphatic rings. The summed E-state index contributed by atoms with van der Waals surface area (Å²) < 4.78 is 6.63. The SMILES string of the molecule is [2H]C(O)[C@@H](O)[C@@H](O)[C@H](O)[C@@H](O)CN. The first-order valence-electron chi connectivity index (χ1n) is 4.02. The van der Waals surface area contributed by atoms with Crippen LogP contribution in [0.4, 0.5) is 0 Å².